The van der Waals surface area contributed by atoms with Gasteiger partial charge in [-0.2, -0.15) is 5.10 Å². The van der Waals surface area contributed by atoms with Gasteiger partial charge in [0.15, 0.2) is 5.75 Å². The second kappa shape index (κ2) is 10.7. The fourth-order valence-electron chi connectivity index (χ4n) is 3.60. The molecule has 1 N–H and O–H groups in total. The molecule has 0 atom stereocenters. The smallest absolute Gasteiger partial charge is 0.255 e. The molecule has 0 saturated heterocycles. The Kier molecular flexibility index (Phi) is 7.65. The summed E-state index contributed by atoms with van der Waals surface area (Å²) in [7, 11) is 0. The molecular weight excluding hydrogens is 512 g/mol. The summed E-state index contributed by atoms with van der Waals surface area (Å²) in [6.07, 6.45) is 0. The first-order chi connectivity index (χ1) is 16.7. The van der Waals surface area contributed by atoms with Gasteiger partial charge in [-0.1, -0.05) is 59.1 Å². The van der Waals surface area contributed by atoms with E-state index in [0.29, 0.717) is 44.3 Å². The van der Waals surface area contributed by atoms with Crippen LogP contribution in [0.4, 0.5) is 10.1 Å². The second-order valence-corrected chi connectivity index (χ2v) is 9.22. The first kappa shape index (κ1) is 25.0. The van der Waals surface area contributed by atoms with Crippen LogP contribution in [0.15, 0.2) is 60.7 Å². The maximum Gasteiger partial charge on any atom is 0.255 e. The van der Waals surface area contributed by atoms with Crippen molar-refractivity contribution in [1.29, 1.82) is 0 Å². The molecule has 180 valence electrons. The standard InChI is InChI=1S/C26H21Cl3FN3O2/c1-15-24(16(2)33(32-15)13-17-6-8-21(30)9-7-17)31-26(34)19-5-3-4-18(10-19)14-35-25-22(28)11-20(27)12-23(25)29/h3-12H,13-14H2,1-2H3,(H,31,34). The minimum absolute atomic E-state index is 0.163. The summed E-state index contributed by atoms with van der Waals surface area (Å²) in [6.45, 7) is 4.33. The van der Waals surface area contributed by atoms with Crippen LogP contribution in [0.1, 0.15) is 32.9 Å². The van der Waals surface area contributed by atoms with Crippen LogP contribution in [0.5, 0.6) is 5.75 Å². The molecule has 0 aliphatic rings. The largest absolute Gasteiger partial charge is 0.486 e. The molecule has 0 fully saturated rings. The van der Waals surface area contributed by atoms with Crippen molar-refractivity contribution in [2.24, 2.45) is 0 Å². The topological polar surface area (TPSA) is 56.2 Å². The number of hydrogen-bond acceptors (Lipinski definition) is 3. The summed E-state index contributed by atoms with van der Waals surface area (Å²) in [6, 6.07) is 16.4. The number of hydrogen-bond donors (Lipinski definition) is 1. The van der Waals surface area contributed by atoms with Gasteiger partial charge in [0.1, 0.15) is 12.4 Å². The van der Waals surface area contributed by atoms with Crippen LogP contribution in [-0.4, -0.2) is 15.7 Å². The minimum Gasteiger partial charge on any atom is -0.486 e. The van der Waals surface area contributed by atoms with Crippen molar-refractivity contribution in [3.8, 4) is 5.75 Å². The zero-order valence-corrected chi connectivity index (χ0v) is 21.2. The Labute approximate surface area is 217 Å². The van der Waals surface area contributed by atoms with E-state index in [1.54, 1.807) is 47.1 Å². The number of carbonyl (C=O) groups is 1. The van der Waals surface area contributed by atoms with Gasteiger partial charge in [0, 0.05) is 10.6 Å². The SMILES string of the molecule is Cc1nn(Cc2ccc(F)cc2)c(C)c1NC(=O)c1cccc(COc2c(Cl)cc(Cl)cc2Cl)c1. The molecule has 1 aromatic heterocycles. The quantitative estimate of drug-likeness (QED) is 0.268. The predicted octanol–water partition coefficient (Wildman–Crippen LogP) is 7.48. The first-order valence-corrected chi connectivity index (χ1v) is 11.8. The molecule has 35 heavy (non-hydrogen) atoms. The van der Waals surface area contributed by atoms with E-state index in [9.17, 15) is 9.18 Å². The maximum atomic E-state index is 13.2. The molecule has 9 heteroatoms. The third kappa shape index (κ3) is 5.96. The molecule has 0 unspecified atom stereocenters. The number of amides is 1. The fourth-order valence-corrected chi connectivity index (χ4v) is 4.53. The number of aromatic nitrogens is 2. The summed E-state index contributed by atoms with van der Waals surface area (Å²) < 4.78 is 20.8. The molecule has 0 spiro atoms. The lowest BCUT2D eigenvalue weighted by Crippen LogP contribution is -2.14. The zero-order valence-electron chi connectivity index (χ0n) is 18.9. The highest BCUT2D eigenvalue weighted by Gasteiger charge is 2.16. The van der Waals surface area contributed by atoms with Gasteiger partial charge in [0.25, 0.3) is 5.91 Å². The van der Waals surface area contributed by atoms with Gasteiger partial charge in [-0.3, -0.25) is 9.48 Å². The Morgan fingerprint density at radius 3 is 2.37 bits per heavy atom. The van der Waals surface area contributed by atoms with Gasteiger partial charge >= 0.3 is 0 Å². The van der Waals surface area contributed by atoms with Crippen molar-refractivity contribution in [2.45, 2.75) is 27.0 Å². The zero-order chi connectivity index (χ0) is 25.1. The molecule has 0 radical (unpaired) electrons. The van der Waals surface area contributed by atoms with Crippen molar-refractivity contribution < 1.29 is 13.9 Å². The monoisotopic (exact) mass is 531 g/mol. The maximum absolute atomic E-state index is 13.2. The van der Waals surface area contributed by atoms with E-state index < -0.39 is 0 Å². The Morgan fingerprint density at radius 1 is 1.00 bits per heavy atom. The number of halogens is 4. The van der Waals surface area contributed by atoms with E-state index in [-0.39, 0.29) is 18.3 Å². The molecule has 5 nitrogen and oxygen atoms in total. The molecule has 0 saturated carbocycles. The average Bonchev–Trinajstić information content (AvgIpc) is 3.07. The van der Waals surface area contributed by atoms with E-state index in [1.165, 1.54) is 12.1 Å². The molecule has 1 heterocycles. The lowest BCUT2D eigenvalue weighted by atomic mass is 10.1. The predicted molar refractivity (Wildman–Crippen MR) is 137 cm³/mol. The summed E-state index contributed by atoms with van der Waals surface area (Å²) in [5, 5.41) is 8.51. The van der Waals surface area contributed by atoms with Crippen LogP contribution in [0, 0.1) is 19.7 Å². The molecule has 4 rings (SSSR count). The molecule has 3 aromatic carbocycles. The van der Waals surface area contributed by atoms with E-state index >= 15 is 0 Å². The van der Waals surface area contributed by atoms with E-state index in [0.717, 1.165) is 16.8 Å². The lowest BCUT2D eigenvalue weighted by molar-refractivity contribution is 0.102. The molecule has 1 amide bonds. The second-order valence-electron chi connectivity index (χ2n) is 7.97. The highest BCUT2D eigenvalue weighted by Crippen LogP contribution is 2.36. The van der Waals surface area contributed by atoms with Crippen LogP contribution in [0.3, 0.4) is 0 Å². The third-order valence-electron chi connectivity index (χ3n) is 5.40. The first-order valence-electron chi connectivity index (χ1n) is 10.7. The van der Waals surface area contributed by atoms with Crippen LogP contribution in [-0.2, 0) is 13.2 Å². The minimum atomic E-state index is -0.290. The molecule has 0 aliphatic carbocycles. The van der Waals surface area contributed by atoms with E-state index in [2.05, 4.69) is 10.4 Å². The Bertz CT molecular complexity index is 1360. The fraction of sp³-hybridized carbons (Fsp3) is 0.154. The van der Waals surface area contributed by atoms with E-state index in [4.69, 9.17) is 39.5 Å². The Morgan fingerprint density at radius 2 is 1.69 bits per heavy atom. The van der Waals surface area contributed by atoms with E-state index in [1.807, 2.05) is 19.9 Å². The number of nitrogens with zero attached hydrogens (tertiary/aromatic N) is 2. The Balaban J connectivity index is 1.46. The Hall–Kier alpha value is -3.06. The number of ether oxygens (including phenoxy) is 1. The number of aryl methyl sites for hydroxylation is 1. The van der Waals surface area contributed by atoms with Crippen molar-refractivity contribution >= 4 is 46.4 Å². The van der Waals surface area contributed by atoms with Crippen molar-refractivity contribution in [3.63, 3.8) is 0 Å². The van der Waals surface area contributed by atoms with Crippen molar-refractivity contribution in [1.82, 2.24) is 9.78 Å². The van der Waals surface area contributed by atoms with Crippen LogP contribution < -0.4 is 10.1 Å². The van der Waals surface area contributed by atoms with Gasteiger partial charge in [0.05, 0.1) is 33.7 Å². The summed E-state index contributed by atoms with van der Waals surface area (Å²) in [5.74, 6) is -0.239. The van der Waals surface area contributed by atoms with Gasteiger partial charge in [-0.15, -0.1) is 0 Å². The number of nitrogens with one attached hydrogen (secondary N) is 1. The average molecular weight is 533 g/mol. The summed E-state index contributed by atoms with van der Waals surface area (Å²) in [5.41, 5.74) is 4.25. The van der Waals surface area contributed by atoms with Crippen molar-refractivity contribution in [2.75, 3.05) is 5.32 Å². The molecular formula is C26H21Cl3FN3O2. The number of carbonyl (C=O) groups excluding carboxylic acids is 1. The van der Waals surface area contributed by atoms with Crippen LogP contribution in [0.25, 0.3) is 0 Å². The van der Waals surface area contributed by atoms with Gasteiger partial charge < -0.3 is 10.1 Å². The summed E-state index contributed by atoms with van der Waals surface area (Å²) >= 11 is 18.3. The van der Waals surface area contributed by atoms with Gasteiger partial charge in [0.2, 0.25) is 0 Å². The molecule has 0 bridgehead atoms. The number of rotatable bonds is 7. The van der Waals surface area contributed by atoms with Crippen LogP contribution >= 0.6 is 34.8 Å². The third-order valence-corrected chi connectivity index (χ3v) is 6.18. The summed E-state index contributed by atoms with van der Waals surface area (Å²) in [4.78, 5) is 13.0. The highest BCUT2D eigenvalue weighted by atomic mass is 35.5. The normalized spacial score (nSPS) is 10.9. The van der Waals surface area contributed by atoms with Gasteiger partial charge in [-0.05, 0) is 61.4 Å². The van der Waals surface area contributed by atoms with Crippen molar-refractivity contribution in [3.05, 3.63) is 110 Å². The molecule has 0 aliphatic heterocycles. The number of benzene rings is 3. The number of anilines is 1. The lowest BCUT2D eigenvalue weighted by Gasteiger charge is -2.12. The molecule has 4 aromatic rings. The van der Waals surface area contributed by atoms with Gasteiger partial charge in [-0.25, -0.2) is 4.39 Å². The highest BCUT2D eigenvalue weighted by molar-refractivity contribution is 6.40. The van der Waals surface area contributed by atoms with Crippen LogP contribution in [0.2, 0.25) is 15.1 Å².